The van der Waals surface area contributed by atoms with E-state index in [2.05, 4.69) is 10.5 Å². The number of hydrazone groups is 1. The molecule has 0 heterocycles. The number of nitro benzene ring substituents is 1. The second-order valence-corrected chi connectivity index (χ2v) is 5.70. The standard InChI is InChI=1S/C18H16F3N3O6/c1-10(25)30-17-15(28-2)6-11(7-16(17)29-3)9-22-23-13-5-4-12(18(19,20)21)8-14(13)24(26)27/h4-9,23H,1-3H3/b22-9+. The molecule has 0 amide bonds. The topological polar surface area (TPSA) is 112 Å². The first kappa shape index (κ1) is 22.5. The van der Waals surface area contributed by atoms with E-state index in [1.165, 1.54) is 39.5 Å². The Morgan fingerprint density at radius 3 is 2.23 bits per heavy atom. The molecule has 0 fully saturated rings. The molecule has 0 unspecified atom stereocenters. The number of carbonyl (C=O) groups excluding carboxylic acids is 1. The first-order valence-corrected chi connectivity index (χ1v) is 8.16. The zero-order chi connectivity index (χ0) is 22.5. The van der Waals surface area contributed by atoms with Crippen molar-refractivity contribution in [1.29, 1.82) is 0 Å². The maximum absolute atomic E-state index is 12.8. The molecule has 2 rings (SSSR count). The third kappa shape index (κ3) is 5.37. The lowest BCUT2D eigenvalue weighted by atomic mass is 10.1. The number of anilines is 1. The summed E-state index contributed by atoms with van der Waals surface area (Å²) in [5.41, 5.74) is 0.548. The first-order chi connectivity index (χ1) is 14.1. The fourth-order valence-electron chi connectivity index (χ4n) is 2.35. The van der Waals surface area contributed by atoms with E-state index < -0.39 is 28.3 Å². The molecule has 0 aliphatic heterocycles. The summed E-state index contributed by atoms with van der Waals surface area (Å²) in [6, 6.07) is 4.92. The molecular weight excluding hydrogens is 411 g/mol. The Morgan fingerprint density at radius 2 is 1.77 bits per heavy atom. The Bertz CT molecular complexity index is 967. The molecule has 160 valence electrons. The molecule has 0 aromatic heterocycles. The SMILES string of the molecule is COc1cc(/C=N/Nc2ccc(C(F)(F)F)cc2[N+](=O)[O-])cc(OC)c1OC(C)=O. The van der Waals surface area contributed by atoms with Gasteiger partial charge in [0, 0.05) is 18.6 Å². The van der Waals surface area contributed by atoms with Gasteiger partial charge in [-0.3, -0.25) is 20.3 Å². The monoisotopic (exact) mass is 427 g/mol. The number of rotatable bonds is 7. The number of ether oxygens (including phenoxy) is 3. The number of esters is 1. The number of nitrogens with one attached hydrogen (secondary N) is 1. The Hall–Kier alpha value is -3.83. The first-order valence-electron chi connectivity index (χ1n) is 8.16. The second kappa shape index (κ2) is 9.11. The summed E-state index contributed by atoms with van der Waals surface area (Å²) in [6.07, 6.45) is -3.49. The van der Waals surface area contributed by atoms with Crippen LogP contribution in [0.25, 0.3) is 0 Å². The van der Waals surface area contributed by atoms with Crippen LogP contribution in [0.3, 0.4) is 0 Å². The second-order valence-electron chi connectivity index (χ2n) is 5.70. The van der Waals surface area contributed by atoms with Crippen molar-refractivity contribution in [2.45, 2.75) is 13.1 Å². The van der Waals surface area contributed by atoms with Crippen LogP contribution in [0.2, 0.25) is 0 Å². The van der Waals surface area contributed by atoms with Crippen molar-refractivity contribution in [3.05, 3.63) is 51.6 Å². The number of methoxy groups -OCH3 is 2. The van der Waals surface area contributed by atoms with E-state index in [-0.39, 0.29) is 22.9 Å². The molecule has 0 spiro atoms. The number of halogens is 3. The van der Waals surface area contributed by atoms with E-state index in [9.17, 15) is 28.1 Å². The van der Waals surface area contributed by atoms with Crippen molar-refractivity contribution < 1.29 is 37.1 Å². The van der Waals surface area contributed by atoms with Gasteiger partial charge in [0.1, 0.15) is 5.69 Å². The minimum absolute atomic E-state index is 0.0518. The van der Waals surface area contributed by atoms with Gasteiger partial charge in [-0.25, -0.2) is 0 Å². The van der Waals surface area contributed by atoms with Crippen LogP contribution in [0.15, 0.2) is 35.4 Å². The highest BCUT2D eigenvalue weighted by Gasteiger charge is 2.33. The van der Waals surface area contributed by atoms with Crippen LogP contribution in [0, 0.1) is 10.1 Å². The molecule has 0 aliphatic rings. The largest absolute Gasteiger partial charge is 0.493 e. The summed E-state index contributed by atoms with van der Waals surface area (Å²) >= 11 is 0. The molecule has 12 heteroatoms. The normalized spacial score (nSPS) is 11.3. The van der Waals surface area contributed by atoms with Gasteiger partial charge in [0.2, 0.25) is 5.75 Å². The Morgan fingerprint density at radius 1 is 1.17 bits per heavy atom. The highest BCUT2D eigenvalue weighted by atomic mass is 19.4. The van der Waals surface area contributed by atoms with Gasteiger partial charge in [0.15, 0.2) is 11.5 Å². The molecular formula is C18H16F3N3O6. The van der Waals surface area contributed by atoms with Crippen LogP contribution in [0.5, 0.6) is 17.2 Å². The van der Waals surface area contributed by atoms with Crippen molar-refractivity contribution in [3.63, 3.8) is 0 Å². The van der Waals surface area contributed by atoms with Gasteiger partial charge in [-0.15, -0.1) is 0 Å². The van der Waals surface area contributed by atoms with Gasteiger partial charge in [0.05, 0.1) is 30.9 Å². The fourth-order valence-corrected chi connectivity index (χ4v) is 2.35. The molecule has 0 saturated carbocycles. The summed E-state index contributed by atoms with van der Waals surface area (Å²) in [5.74, 6) is -0.224. The average molecular weight is 427 g/mol. The number of hydrogen-bond acceptors (Lipinski definition) is 8. The third-order valence-corrected chi connectivity index (χ3v) is 3.65. The van der Waals surface area contributed by atoms with Crippen LogP contribution < -0.4 is 19.6 Å². The number of hydrogen-bond donors (Lipinski definition) is 1. The molecule has 0 aliphatic carbocycles. The van der Waals surface area contributed by atoms with Gasteiger partial charge in [-0.2, -0.15) is 18.3 Å². The maximum Gasteiger partial charge on any atom is 0.416 e. The lowest BCUT2D eigenvalue weighted by Gasteiger charge is -2.13. The fraction of sp³-hybridized carbons (Fsp3) is 0.222. The van der Waals surface area contributed by atoms with Crippen molar-refractivity contribution >= 4 is 23.6 Å². The van der Waals surface area contributed by atoms with E-state index in [0.717, 1.165) is 6.07 Å². The summed E-state index contributed by atoms with van der Waals surface area (Å²) in [5, 5.41) is 14.9. The number of nitro groups is 1. The number of alkyl halides is 3. The molecule has 0 bridgehead atoms. The molecule has 1 N–H and O–H groups in total. The predicted molar refractivity (Wildman–Crippen MR) is 100 cm³/mol. The Balaban J connectivity index is 2.33. The summed E-state index contributed by atoms with van der Waals surface area (Å²) in [7, 11) is 2.68. The average Bonchev–Trinajstić information content (AvgIpc) is 2.67. The summed E-state index contributed by atoms with van der Waals surface area (Å²) in [6.45, 7) is 1.20. The smallest absolute Gasteiger partial charge is 0.416 e. The van der Waals surface area contributed by atoms with Gasteiger partial charge in [-0.1, -0.05) is 0 Å². The number of benzene rings is 2. The number of nitrogens with zero attached hydrogens (tertiary/aromatic N) is 2. The van der Waals surface area contributed by atoms with E-state index in [4.69, 9.17) is 14.2 Å². The van der Waals surface area contributed by atoms with E-state index in [1.54, 1.807) is 0 Å². The predicted octanol–water partition coefficient (Wildman–Crippen LogP) is 4.00. The van der Waals surface area contributed by atoms with Crippen molar-refractivity contribution in [3.8, 4) is 17.2 Å². The molecule has 2 aromatic rings. The van der Waals surface area contributed by atoms with E-state index in [1.807, 2.05) is 0 Å². The Labute approximate surface area is 168 Å². The molecule has 30 heavy (non-hydrogen) atoms. The van der Waals surface area contributed by atoms with Crippen molar-refractivity contribution in [2.75, 3.05) is 19.6 Å². The molecule has 0 atom stereocenters. The summed E-state index contributed by atoms with van der Waals surface area (Å²) in [4.78, 5) is 21.4. The third-order valence-electron chi connectivity index (χ3n) is 3.65. The molecule has 0 saturated heterocycles. The highest BCUT2D eigenvalue weighted by Crippen LogP contribution is 2.38. The van der Waals surface area contributed by atoms with E-state index >= 15 is 0 Å². The number of carbonyl (C=O) groups is 1. The van der Waals surface area contributed by atoms with Crippen LogP contribution in [0.4, 0.5) is 24.5 Å². The van der Waals surface area contributed by atoms with Crippen LogP contribution in [0.1, 0.15) is 18.1 Å². The zero-order valence-corrected chi connectivity index (χ0v) is 15.9. The Kier molecular flexibility index (Phi) is 6.82. The summed E-state index contributed by atoms with van der Waals surface area (Å²) < 4.78 is 53.7. The quantitative estimate of drug-likeness (QED) is 0.234. The maximum atomic E-state index is 12.8. The molecule has 0 radical (unpaired) electrons. The lowest BCUT2D eigenvalue weighted by molar-refractivity contribution is -0.384. The molecule has 2 aromatic carbocycles. The lowest BCUT2D eigenvalue weighted by Crippen LogP contribution is -2.07. The van der Waals surface area contributed by atoms with Crippen LogP contribution >= 0.6 is 0 Å². The molecule has 9 nitrogen and oxygen atoms in total. The highest BCUT2D eigenvalue weighted by molar-refractivity contribution is 5.84. The van der Waals surface area contributed by atoms with Crippen molar-refractivity contribution in [1.82, 2.24) is 0 Å². The minimum Gasteiger partial charge on any atom is -0.493 e. The zero-order valence-electron chi connectivity index (χ0n) is 15.9. The van der Waals surface area contributed by atoms with Gasteiger partial charge in [0.25, 0.3) is 5.69 Å². The van der Waals surface area contributed by atoms with Gasteiger partial charge < -0.3 is 14.2 Å². The van der Waals surface area contributed by atoms with Crippen molar-refractivity contribution in [2.24, 2.45) is 5.10 Å². The minimum atomic E-state index is -4.72. The van der Waals surface area contributed by atoms with Crippen LogP contribution in [-0.4, -0.2) is 31.3 Å². The van der Waals surface area contributed by atoms with E-state index in [0.29, 0.717) is 17.7 Å². The van der Waals surface area contributed by atoms with Gasteiger partial charge >= 0.3 is 12.1 Å². The van der Waals surface area contributed by atoms with Crippen LogP contribution in [-0.2, 0) is 11.0 Å². The van der Waals surface area contributed by atoms with Gasteiger partial charge in [-0.05, 0) is 24.3 Å².